The zero-order valence-electron chi connectivity index (χ0n) is 14.7. The minimum absolute atomic E-state index is 0.134. The lowest BCUT2D eigenvalue weighted by molar-refractivity contribution is -0.120. The maximum Gasteiger partial charge on any atom is 0.274 e. The van der Waals surface area contributed by atoms with E-state index < -0.39 is 0 Å². The molecule has 0 atom stereocenters. The predicted molar refractivity (Wildman–Crippen MR) is 99.1 cm³/mol. The van der Waals surface area contributed by atoms with Crippen molar-refractivity contribution < 1.29 is 9.53 Å². The van der Waals surface area contributed by atoms with Crippen LogP contribution in [0.25, 0.3) is 4.85 Å². The van der Waals surface area contributed by atoms with E-state index in [2.05, 4.69) is 21.5 Å². The highest BCUT2D eigenvalue weighted by molar-refractivity contribution is 5.93. The van der Waals surface area contributed by atoms with Crippen LogP contribution >= 0.6 is 0 Å². The van der Waals surface area contributed by atoms with E-state index in [0.717, 1.165) is 62.3 Å². The first-order chi connectivity index (χ1) is 11.7. The van der Waals surface area contributed by atoms with E-state index in [4.69, 9.17) is 4.74 Å². The number of ether oxygens (including phenoxy) is 1. The molecule has 1 aromatic rings. The molecule has 0 heterocycles. The van der Waals surface area contributed by atoms with E-state index >= 15 is 0 Å². The molecule has 1 aliphatic carbocycles. The number of anilines is 2. The monoisotopic (exact) mass is 330 g/mol. The van der Waals surface area contributed by atoms with Crippen molar-refractivity contribution in [1.29, 1.82) is 0 Å². The van der Waals surface area contributed by atoms with Crippen molar-refractivity contribution in [1.82, 2.24) is 0 Å². The van der Waals surface area contributed by atoms with Crippen LogP contribution in [0.1, 0.15) is 45.4 Å². The number of benzene rings is 1. The maximum absolute atomic E-state index is 12.4. The van der Waals surface area contributed by atoms with E-state index in [1.807, 2.05) is 25.1 Å². The SMILES string of the molecule is CC[N+]#CCCNc1cc(NC(=O)C2CCCCC2)ccc1OC. The maximum atomic E-state index is 12.4. The van der Waals surface area contributed by atoms with E-state index in [9.17, 15) is 4.79 Å². The molecular formula is C19H28N3O2+. The van der Waals surface area contributed by atoms with Gasteiger partial charge in [0.2, 0.25) is 5.91 Å². The Bertz CT molecular complexity index is 598. The quantitative estimate of drug-likeness (QED) is 0.762. The van der Waals surface area contributed by atoms with Crippen LogP contribution in [0.2, 0.25) is 0 Å². The van der Waals surface area contributed by atoms with Gasteiger partial charge in [0.25, 0.3) is 12.6 Å². The number of hydrogen-bond donors (Lipinski definition) is 2. The molecule has 1 amide bonds. The summed E-state index contributed by atoms with van der Waals surface area (Å²) in [5.41, 5.74) is 1.68. The Morgan fingerprint density at radius 1 is 1.33 bits per heavy atom. The van der Waals surface area contributed by atoms with Crippen molar-refractivity contribution in [2.45, 2.75) is 45.4 Å². The Balaban J connectivity index is 1.97. The molecule has 1 saturated carbocycles. The molecule has 24 heavy (non-hydrogen) atoms. The molecule has 2 N–H and O–H groups in total. The van der Waals surface area contributed by atoms with E-state index in [-0.39, 0.29) is 11.8 Å². The van der Waals surface area contributed by atoms with Gasteiger partial charge >= 0.3 is 0 Å². The van der Waals surface area contributed by atoms with E-state index in [0.29, 0.717) is 0 Å². The number of amides is 1. The topological polar surface area (TPSA) is 54.7 Å². The second-order valence-corrected chi connectivity index (χ2v) is 6.05. The van der Waals surface area contributed by atoms with Crippen LogP contribution in [0.5, 0.6) is 5.75 Å². The number of nitrogens with one attached hydrogen (secondary N) is 2. The fourth-order valence-corrected chi connectivity index (χ4v) is 2.98. The summed E-state index contributed by atoms with van der Waals surface area (Å²) in [7, 11) is 1.64. The van der Waals surface area contributed by atoms with Gasteiger partial charge in [-0.05, 0) is 31.0 Å². The third-order valence-corrected chi connectivity index (χ3v) is 4.27. The second-order valence-electron chi connectivity index (χ2n) is 6.05. The number of carbonyl (C=O) groups excluding carboxylic acids is 1. The Labute approximate surface area is 144 Å². The van der Waals surface area contributed by atoms with Gasteiger partial charge in [0, 0.05) is 25.1 Å². The third-order valence-electron chi connectivity index (χ3n) is 4.27. The average Bonchev–Trinajstić information content (AvgIpc) is 2.62. The van der Waals surface area contributed by atoms with Crippen LogP contribution in [0.3, 0.4) is 0 Å². The molecule has 2 rings (SSSR count). The summed E-state index contributed by atoms with van der Waals surface area (Å²) >= 11 is 0. The molecule has 5 nitrogen and oxygen atoms in total. The van der Waals surface area contributed by atoms with Crippen LogP contribution in [0, 0.1) is 12.0 Å². The molecule has 1 aliphatic rings. The molecular weight excluding hydrogens is 302 g/mol. The summed E-state index contributed by atoms with van der Waals surface area (Å²) in [6, 6.07) is 8.67. The standard InChI is InChI=1S/C19H27N3O2/c1-3-20-12-7-13-21-17-14-16(10-11-18(17)24-2)22-19(23)15-8-5-4-6-9-15/h10-11,14-15,21H,3-9,13H2,1-2H3/p+1. The van der Waals surface area contributed by atoms with Gasteiger partial charge in [-0.3, -0.25) is 4.79 Å². The highest BCUT2D eigenvalue weighted by atomic mass is 16.5. The predicted octanol–water partition coefficient (Wildman–Crippen LogP) is 4.37. The third kappa shape index (κ3) is 5.45. The van der Waals surface area contributed by atoms with Crippen LogP contribution in [-0.4, -0.2) is 26.1 Å². The minimum Gasteiger partial charge on any atom is -0.495 e. The molecule has 5 heteroatoms. The molecule has 1 fully saturated rings. The van der Waals surface area contributed by atoms with Gasteiger partial charge in [0.1, 0.15) is 5.75 Å². The summed E-state index contributed by atoms with van der Waals surface area (Å²) in [5.74, 6) is 1.05. The molecule has 0 aliphatic heterocycles. The van der Waals surface area contributed by atoms with Gasteiger partial charge in [-0.1, -0.05) is 24.1 Å². The zero-order chi connectivity index (χ0) is 17.2. The van der Waals surface area contributed by atoms with E-state index in [1.165, 1.54) is 6.42 Å². The summed E-state index contributed by atoms with van der Waals surface area (Å²) in [4.78, 5) is 16.5. The molecule has 0 unspecified atom stereocenters. The number of nitrogens with zero attached hydrogens (tertiary/aromatic N) is 1. The van der Waals surface area contributed by atoms with Crippen molar-refractivity contribution in [3.8, 4) is 11.8 Å². The smallest absolute Gasteiger partial charge is 0.274 e. The average molecular weight is 330 g/mol. The van der Waals surface area contributed by atoms with Gasteiger partial charge in [-0.15, -0.1) is 0 Å². The Hall–Kier alpha value is -2.22. The highest BCUT2D eigenvalue weighted by Crippen LogP contribution is 2.29. The lowest BCUT2D eigenvalue weighted by Gasteiger charge is -2.21. The van der Waals surface area contributed by atoms with Gasteiger partial charge < -0.3 is 15.4 Å². The number of carbonyl (C=O) groups is 1. The van der Waals surface area contributed by atoms with Crippen molar-refractivity contribution in [2.75, 3.05) is 30.8 Å². The first-order valence-electron chi connectivity index (χ1n) is 8.86. The largest absolute Gasteiger partial charge is 0.495 e. The molecule has 0 aromatic heterocycles. The van der Waals surface area contributed by atoms with Crippen LogP contribution < -0.4 is 15.4 Å². The fourth-order valence-electron chi connectivity index (χ4n) is 2.98. The number of methoxy groups -OCH3 is 1. The molecule has 130 valence electrons. The van der Waals surface area contributed by atoms with Crippen molar-refractivity contribution in [3.05, 3.63) is 23.0 Å². The first-order valence-corrected chi connectivity index (χ1v) is 8.86. The summed E-state index contributed by atoms with van der Waals surface area (Å²) in [6.45, 7) is 3.47. The zero-order valence-corrected chi connectivity index (χ0v) is 14.7. The highest BCUT2D eigenvalue weighted by Gasteiger charge is 2.21. The van der Waals surface area contributed by atoms with E-state index in [1.54, 1.807) is 7.11 Å². The van der Waals surface area contributed by atoms with Gasteiger partial charge in [0.05, 0.1) is 19.2 Å². The Kier molecular flexibility index (Phi) is 7.41. The molecule has 0 spiro atoms. The van der Waals surface area contributed by atoms with Gasteiger partial charge in [-0.2, -0.15) is 0 Å². The Morgan fingerprint density at radius 3 is 2.83 bits per heavy atom. The van der Waals surface area contributed by atoms with Crippen LogP contribution in [-0.2, 0) is 4.79 Å². The van der Waals surface area contributed by atoms with Crippen molar-refractivity contribution in [3.63, 3.8) is 0 Å². The molecule has 0 bridgehead atoms. The summed E-state index contributed by atoms with van der Waals surface area (Å²) < 4.78 is 5.38. The number of rotatable bonds is 6. The summed E-state index contributed by atoms with van der Waals surface area (Å²) in [6.07, 6.45) is 6.29. The first kappa shape index (κ1) is 18.1. The summed E-state index contributed by atoms with van der Waals surface area (Å²) in [5, 5.41) is 6.36. The minimum atomic E-state index is 0.134. The van der Waals surface area contributed by atoms with Gasteiger partial charge in [0.15, 0.2) is 0 Å². The number of hydrogen-bond acceptors (Lipinski definition) is 3. The van der Waals surface area contributed by atoms with Crippen molar-refractivity contribution >= 4 is 17.3 Å². The molecule has 0 saturated heterocycles. The van der Waals surface area contributed by atoms with Crippen LogP contribution in [0.15, 0.2) is 18.2 Å². The van der Waals surface area contributed by atoms with Crippen LogP contribution in [0.4, 0.5) is 11.4 Å². The molecule has 0 radical (unpaired) electrons. The second kappa shape index (κ2) is 9.82. The molecule has 1 aromatic carbocycles. The lowest BCUT2D eigenvalue weighted by atomic mass is 9.88. The van der Waals surface area contributed by atoms with Gasteiger partial charge in [-0.25, -0.2) is 0 Å². The Morgan fingerprint density at radius 2 is 2.12 bits per heavy atom. The fraction of sp³-hybridized carbons (Fsp3) is 0.579. The lowest BCUT2D eigenvalue weighted by Crippen LogP contribution is -2.24. The van der Waals surface area contributed by atoms with Crippen molar-refractivity contribution in [2.24, 2.45) is 5.92 Å². The normalized spacial score (nSPS) is 14.4.